The van der Waals surface area contributed by atoms with Crippen molar-refractivity contribution >= 4 is 22.9 Å². The molecule has 3 rings (SSSR count). The Kier molecular flexibility index (Phi) is 12.2. The first-order valence-electron chi connectivity index (χ1n) is 12.4. The summed E-state index contributed by atoms with van der Waals surface area (Å²) in [6.07, 6.45) is 4.63. The molecule has 210 valence electrons. The lowest BCUT2D eigenvalue weighted by molar-refractivity contribution is -0.131. The van der Waals surface area contributed by atoms with E-state index in [1.54, 1.807) is 6.08 Å². The molecule has 38 heavy (non-hydrogen) atoms. The first kappa shape index (κ1) is 32.9. The fourth-order valence-electron chi connectivity index (χ4n) is 3.36. The number of hydrogen-bond acceptors (Lipinski definition) is 6. The Morgan fingerprint density at radius 3 is 1.66 bits per heavy atom. The normalized spacial score (nSPS) is 12.1. The number of rotatable bonds is 6. The molecule has 0 fully saturated rings. The number of aliphatic hydroxyl groups excluding tert-OH is 4. The maximum atomic E-state index is 10.7. The standard InChI is InChI=1S/C17H24O3.C8H7N.C5H12O4/c1-16(2,3)12-9-11(7-8-14(18)19)10-13(15(12)20)17(4,5)6;1-2-4-8-7(3-1)5-6-9-8;6-1-5(2-7,3-8)4-9/h7-10,20H,1-6H3,(H,18,19);1-6,9H;6-9H,1-4H2. The van der Waals surface area contributed by atoms with Gasteiger partial charge in [-0.2, -0.15) is 0 Å². The van der Waals surface area contributed by atoms with Crippen LogP contribution in [-0.2, 0) is 15.6 Å². The van der Waals surface area contributed by atoms with Crippen molar-refractivity contribution in [2.75, 3.05) is 26.4 Å². The second-order valence-corrected chi connectivity index (χ2v) is 11.3. The zero-order valence-corrected chi connectivity index (χ0v) is 23.2. The Morgan fingerprint density at radius 2 is 1.29 bits per heavy atom. The highest BCUT2D eigenvalue weighted by atomic mass is 16.4. The number of para-hydroxylation sites is 1. The van der Waals surface area contributed by atoms with Crippen molar-refractivity contribution in [2.24, 2.45) is 5.41 Å². The highest BCUT2D eigenvalue weighted by Crippen LogP contribution is 2.40. The smallest absolute Gasteiger partial charge is 0.328 e. The number of phenols is 1. The van der Waals surface area contributed by atoms with Crippen molar-refractivity contribution in [2.45, 2.75) is 52.4 Å². The molecule has 0 saturated carbocycles. The molecular weight excluding hydrogens is 486 g/mol. The maximum absolute atomic E-state index is 10.7. The van der Waals surface area contributed by atoms with Crippen molar-refractivity contribution in [3.63, 3.8) is 0 Å². The number of carboxylic acid groups (broad SMARTS) is 1. The molecular formula is C30H43NO7. The van der Waals surface area contributed by atoms with Crippen LogP contribution in [0.3, 0.4) is 0 Å². The summed E-state index contributed by atoms with van der Waals surface area (Å²) in [5.74, 6) is -0.676. The molecule has 0 bridgehead atoms. The van der Waals surface area contributed by atoms with E-state index in [4.69, 9.17) is 25.5 Å². The number of hydrogen-bond donors (Lipinski definition) is 7. The Labute approximate surface area is 224 Å². The number of nitrogens with one attached hydrogen (secondary N) is 1. The number of aliphatic hydroxyl groups is 4. The number of phenolic OH excluding ortho intramolecular Hbond substituents is 1. The van der Waals surface area contributed by atoms with Crippen LogP contribution in [-0.4, -0.2) is 68.0 Å². The van der Waals surface area contributed by atoms with Gasteiger partial charge in [0.25, 0.3) is 0 Å². The van der Waals surface area contributed by atoms with Gasteiger partial charge in [-0.1, -0.05) is 59.7 Å². The molecule has 0 amide bonds. The average Bonchev–Trinajstić information content (AvgIpc) is 3.33. The summed E-state index contributed by atoms with van der Waals surface area (Å²) in [7, 11) is 0. The van der Waals surface area contributed by atoms with Crippen LogP contribution in [0, 0.1) is 5.41 Å². The SMILES string of the molecule is CC(C)(C)c1cc(C=CC(=O)O)cc(C(C)(C)C)c1O.OCC(CO)(CO)CO.c1ccc2[nH]ccc2c1. The topological polar surface area (TPSA) is 154 Å². The molecule has 0 atom stereocenters. The predicted octanol–water partition coefficient (Wildman–Crippen LogP) is 4.19. The van der Waals surface area contributed by atoms with E-state index >= 15 is 0 Å². The van der Waals surface area contributed by atoms with Gasteiger partial charge in [0.2, 0.25) is 0 Å². The number of aliphatic carboxylic acids is 1. The highest BCUT2D eigenvalue weighted by molar-refractivity contribution is 5.85. The minimum Gasteiger partial charge on any atom is -0.507 e. The van der Waals surface area contributed by atoms with Gasteiger partial charge in [0.1, 0.15) is 5.75 Å². The van der Waals surface area contributed by atoms with Crippen molar-refractivity contribution in [1.82, 2.24) is 4.98 Å². The third-order valence-electron chi connectivity index (χ3n) is 5.97. The predicted molar refractivity (Wildman–Crippen MR) is 151 cm³/mol. The van der Waals surface area contributed by atoms with Crippen molar-refractivity contribution < 1.29 is 35.4 Å². The van der Waals surface area contributed by atoms with E-state index in [1.807, 2.05) is 72.0 Å². The lowest BCUT2D eigenvalue weighted by atomic mass is 9.78. The number of carbonyl (C=O) groups is 1. The molecule has 7 N–H and O–H groups in total. The summed E-state index contributed by atoms with van der Waals surface area (Å²) in [5, 5.41) is 54.5. The molecule has 0 aliphatic rings. The molecule has 1 aromatic heterocycles. The van der Waals surface area contributed by atoms with Crippen LogP contribution in [0.1, 0.15) is 58.2 Å². The molecule has 0 aliphatic heterocycles. The first-order valence-corrected chi connectivity index (χ1v) is 12.4. The van der Waals surface area contributed by atoms with E-state index in [2.05, 4.69) is 23.2 Å². The number of carboxylic acids is 1. The van der Waals surface area contributed by atoms with Crippen LogP contribution in [0.25, 0.3) is 17.0 Å². The van der Waals surface area contributed by atoms with E-state index in [0.29, 0.717) is 5.75 Å². The van der Waals surface area contributed by atoms with E-state index in [0.717, 1.165) is 22.8 Å². The van der Waals surface area contributed by atoms with Crippen LogP contribution >= 0.6 is 0 Å². The fraction of sp³-hybridized carbons (Fsp3) is 0.433. The van der Waals surface area contributed by atoms with Crippen LogP contribution < -0.4 is 0 Å². The van der Waals surface area contributed by atoms with Gasteiger partial charge < -0.3 is 35.6 Å². The van der Waals surface area contributed by atoms with Gasteiger partial charge in [0, 0.05) is 28.9 Å². The summed E-state index contributed by atoms with van der Waals surface area (Å²) in [5.41, 5.74) is 2.12. The van der Waals surface area contributed by atoms with Crippen molar-refractivity contribution in [1.29, 1.82) is 0 Å². The van der Waals surface area contributed by atoms with Gasteiger partial charge in [-0.25, -0.2) is 4.79 Å². The Hall–Kier alpha value is -3.17. The van der Waals surface area contributed by atoms with Gasteiger partial charge in [0.05, 0.1) is 31.8 Å². The largest absolute Gasteiger partial charge is 0.507 e. The third-order valence-corrected chi connectivity index (χ3v) is 5.97. The Bertz CT molecular complexity index is 1100. The Balaban J connectivity index is 0.000000329. The lowest BCUT2D eigenvalue weighted by Gasteiger charge is -2.27. The second-order valence-electron chi connectivity index (χ2n) is 11.3. The molecule has 8 nitrogen and oxygen atoms in total. The number of aromatic amines is 1. The van der Waals surface area contributed by atoms with Crippen LogP contribution in [0.2, 0.25) is 0 Å². The molecule has 3 aromatic rings. The van der Waals surface area contributed by atoms with Crippen molar-refractivity contribution in [3.8, 4) is 5.75 Å². The summed E-state index contributed by atoms with van der Waals surface area (Å²) in [6.45, 7) is 10.5. The average molecular weight is 530 g/mol. The van der Waals surface area contributed by atoms with Crippen LogP contribution in [0.4, 0.5) is 0 Å². The molecule has 0 unspecified atom stereocenters. The van der Waals surface area contributed by atoms with E-state index in [1.165, 1.54) is 10.9 Å². The third kappa shape index (κ3) is 9.61. The van der Waals surface area contributed by atoms with E-state index < -0.39 is 37.8 Å². The van der Waals surface area contributed by atoms with Gasteiger partial charge in [-0.3, -0.25) is 0 Å². The van der Waals surface area contributed by atoms with Gasteiger partial charge >= 0.3 is 5.97 Å². The molecule has 2 aromatic carbocycles. The van der Waals surface area contributed by atoms with E-state index in [-0.39, 0.29) is 10.8 Å². The molecule has 8 heteroatoms. The summed E-state index contributed by atoms with van der Waals surface area (Å²) in [4.78, 5) is 13.8. The van der Waals surface area contributed by atoms with Gasteiger partial charge in [-0.05, 0) is 52.1 Å². The maximum Gasteiger partial charge on any atom is 0.328 e. The number of fused-ring (bicyclic) bond motifs is 1. The molecule has 0 radical (unpaired) electrons. The summed E-state index contributed by atoms with van der Waals surface area (Å²) >= 11 is 0. The zero-order chi connectivity index (χ0) is 29.1. The van der Waals surface area contributed by atoms with Crippen LogP contribution in [0.15, 0.2) is 54.7 Å². The van der Waals surface area contributed by atoms with Crippen LogP contribution in [0.5, 0.6) is 5.75 Å². The summed E-state index contributed by atoms with van der Waals surface area (Å²) in [6, 6.07) is 14.0. The van der Waals surface area contributed by atoms with Gasteiger partial charge in [-0.15, -0.1) is 0 Å². The minimum absolute atomic E-state index is 0.211. The second kappa shape index (κ2) is 14.1. The zero-order valence-electron chi connectivity index (χ0n) is 23.2. The first-order chi connectivity index (χ1) is 17.6. The molecule has 0 spiro atoms. The molecule has 0 aliphatic carbocycles. The number of aromatic nitrogens is 1. The number of benzene rings is 2. The quantitative estimate of drug-likeness (QED) is 0.236. The minimum atomic E-state index is -1.11. The van der Waals surface area contributed by atoms with Crippen molar-refractivity contribution in [3.05, 3.63) is 71.4 Å². The lowest BCUT2D eigenvalue weighted by Crippen LogP contribution is -2.37. The highest BCUT2D eigenvalue weighted by Gasteiger charge is 2.27. The van der Waals surface area contributed by atoms with Gasteiger partial charge in [0.15, 0.2) is 0 Å². The number of H-pyrrole nitrogens is 1. The fourth-order valence-corrected chi connectivity index (χ4v) is 3.36. The molecule has 1 heterocycles. The Morgan fingerprint density at radius 1 is 0.816 bits per heavy atom. The molecule has 0 saturated heterocycles. The van der Waals surface area contributed by atoms with E-state index in [9.17, 15) is 9.90 Å². The summed E-state index contributed by atoms with van der Waals surface area (Å²) < 4.78 is 0. The monoisotopic (exact) mass is 529 g/mol. The number of aromatic hydroxyl groups is 1.